The molecule has 0 amide bonds. The van der Waals surface area contributed by atoms with Gasteiger partial charge in [0.25, 0.3) is 0 Å². The SMILES string of the molecule is CC(C)CCNCC(C)N1CCS(=O)CC1. The highest BCUT2D eigenvalue weighted by Crippen LogP contribution is 2.05. The summed E-state index contributed by atoms with van der Waals surface area (Å²) in [7, 11) is -0.553. The van der Waals surface area contributed by atoms with Crippen LogP contribution in [0.2, 0.25) is 0 Å². The van der Waals surface area contributed by atoms with E-state index in [2.05, 4.69) is 31.0 Å². The molecule has 1 aliphatic heterocycles. The van der Waals surface area contributed by atoms with Gasteiger partial charge in [-0.3, -0.25) is 9.11 Å². The van der Waals surface area contributed by atoms with Crippen molar-refractivity contribution < 1.29 is 4.21 Å². The third-order valence-corrected chi connectivity index (χ3v) is 4.45. The molecule has 1 fully saturated rings. The molecule has 1 rings (SSSR count). The van der Waals surface area contributed by atoms with Gasteiger partial charge in [0.15, 0.2) is 0 Å². The summed E-state index contributed by atoms with van der Waals surface area (Å²) >= 11 is 0. The van der Waals surface area contributed by atoms with E-state index in [1.165, 1.54) is 6.42 Å². The lowest BCUT2D eigenvalue weighted by atomic mass is 10.1. The van der Waals surface area contributed by atoms with Crippen molar-refractivity contribution >= 4 is 10.8 Å². The number of rotatable bonds is 6. The number of hydrogen-bond donors (Lipinski definition) is 1. The first-order chi connectivity index (χ1) is 7.59. The molecule has 0 aliphatic carbocycles. The summed E-state index contributed by atoms with van der Waals surface area (Å²) in [5.74, 6) is 2.49. The topological polar surface area (TPSA) is 32.3 Å². The summed E-state index contributed by atoms with van der Waals surface area (Å²) in [5, 5.41) is 3.51. The fraction of sp³-hybridized carbons (Fsp3) is 1.00. The van der Waals surface area contributed by atoms with Gasteiger partial charge in [0.1, 0.15) is 0 Å². The molecule has 96 valence electrons. The van der Waals surface area contributed by atoms with Crippen molar-refractivity contribution in [2.45, 2.75) is 33.2 Å². The van der Waals surface area contributed by atoms with Crippen molar-refractivity contribution in [2.75, 3.05) is 37.7 Å². The van der Waals surface area contributed by atoms with Crippen LogP contribution in [-0.2, 0) is 10.8 Å². The second kappa shape index (κ2) is 7.41. The van der Waals surface area contributed by atoms with E-state index < -0.39 is 10.8 Å². The average Bonchev–Trinajstić information content (AvgIpc) is 2.25. The van der Waals surface area contributed by atoms with Gasteiger partial charge in [0.2, 0.25) is 0 Å². The summed E-state index contributed by atoms with van der Waals surface area (Å²) in [6.07, 6.45) is 1.25. The van der Waals surface area contributed by atoms with Crippen LogP contribution in [0, 0.1) is 5.92 Å². The van der Waals surface area contributed by atoms with E-state index >= 15 is 0 Å². The van der Waals surface area contributed by atoms with Crippen molar-refractivity contribution in [1.82, 2.24) is 10.2 Å². The van der Waals surface area contributed by atoms with Gasteiger partial charge in [0.05, 0.1) is 0 Å². The van der Waals surface area contributed by atoms with Gasteiger partial charge in [-0.1, -0.05) is 13.8 Å². The molecule has 1 atom stereocenters. The molecule has 1 saturated heterocycles. The fourth-order valence-electron chi connectivity index (χ4n) is 1.92. The third kappa shape index (κ3) is 5.41. The molecule has 1 aliphatic rings. The zero-order valence-electron chi connectivity index (χ0n) is 10.9. The molecule has 0 aromatic rings. The Balaban J connectivity index is 2.10. The number of nitrogens with zero attached hydrogens (tertiary/aromatic N) is 1. The maximum absolute atomic E-state index is 11.2. The Hall–Kier alpha value is 0.0700. The number of nitrogens with one attached hydrogen (secondary N) is 1. The van der Waals surface area contributed by atoms with Crippen LogP contribution in [0.15, 0.2) is 0 Å². The highest BCUT2D eigenvalue weighted by Gasteiger charge is 2.19. The van der Waals surface area contributed by atoms with Gasteiger partial charge in [-0.25, -0.2) is 0 Å². The lowest BCUT2D eigenvalue weighted by molar-refractivity contribution is 0.222. The summed E-state index contributed by atoms with van der Waals surface area (Å²) in [6, 6.07) is 0.574. The quantitative estimate of drug-likeness (QED) is 0.712. The van der Waals surface area contributed by atoms with Gasteiger partial charge in [-0.05, 0) is 25.8 Å². The van der Waals surface area contributed by atoms with Crippen molar-refractivity contribution in [1.29, 1.82) is 0 Å². The van der Waals surface area contributed by atoms with Crippen molar-refractivity contribution in [3.05, 3.63) is 0 Å². The molecule has 0 radical (unpaired) electrons. The lowest BCUT2D eigenvalue weighted by Crippen LogP contribution is -2.47. The molecule has 0 saturated carbocycles. The summed E-state index contributed by atoms with van der Waals surface area (Å²) < 4.78 is 11.2. The standard InChI is InChI=1S/C12H26N2OS/c1-11(2)4-5-13-10-12(3)14-6-8-16(15)9-7-14/h11-13H,4-10H2,1-3H3. The van der Waals surface area contributed by atoms with E-state index in [0.717, 1.165) is 43.6 Å². The average molecular weight is 246 g/mol. The van der Waals surface area contributed by atoms with Crippen LogP contribution in [0.3, 0.4) is 0 Å². The molecule has 16 heavy (non-hydrogen) atoms. The van der Waals surface area contributed by atoms with Gasteiger partial charge in [-0.2, -0.15) is 0 Å². The first-order valence-corrected chi connectivity index (χ1v) is 7.88. The van der Waals surface area contributed by atoms with Crippen LogP contribution < -0.4 is 5.32 Å². The highest BCUT2D eigenvalue weighted by molar-refractivity contribution is 7.85. The van der Waals surface area contributed by atoms with Crippen LogP contribution in [0.1, 0.15) is 27.2 Å². The maximum Gasteiger partial charge on any atom is 0.0363 e. The largest absolute Gasteiger partial charge is 0.315 e. The van der Waals surface area contributed by atoms with Gasteiger partial charge >= 0.3 is 0 Å². The zero-order chi connectivity index (χ0) is 12.0. The van der Waals surface area contributed by atoms with Crippen LogP contribution in [0.25, 0.3) is 0 Å². The molecule has 0 aromatic heterocycles. The molecule has 1 unspecified atom stereocenters. The maximum atomic E-state index is 11.2. The predicted molar refractivity (Wildman–Crippen MR) is 71.2 cm³/mol. The monoisotopic (exact) mass is 246 g/mol. The Bertz CT molecular complexity index is 211. The van der Waals surface area contributed by atoms with Gasteiger partial charge in [-0.15, -0.1) is 0 Å². The fourth-order valence-corrected chi connectivity index (χ4v) is 3.00. The molecule has 1 N–H and O–H groups in total. The van der Waals surface area contributed by atoms with Crippen LogP contribution in [0.4, 0.5) is 0 Å². The van der Waals surface area contributed by atoms with Crippen molar-refractivity contribution in [2.24, 2.45) is 5.92 Å². The Morgan fingerprint density at radius 3 is 2.44 bits per heavy atom. The smallest absolute Gasteiger partial charge is 0.0363 e. The first kappa shape index (κ1) is 14.1. The van der Waals surface area contributed by atoms with Gasteiger partial charge < -0.3 is 5.32 Å². The third-order valence-electron chi connectivity index (χ3n) is 3.17. The highest BCUT2D eigenvalue weighted by atomic mass is 32.2. The first-order valence-electron chi connectivity index (χ1n) is 6.39. The minimum atomic E-state index is -0.553. The number of hydrogen-bond acceptors (Lipinski definition) is 3. The summed E-state index contributed by atoms with van der Waals surface area (Å²) in [4.78, 5) is 2.45. The minimum Gasteiger partial charge on any atom is -0.315 e. The Morgan fingerprint density at radius 1 is 1.25 bits per heavy atom. The second-order valence-electron chi connectivity index (χ2n) is 5.12. The van der Waals surface area contributed by atoms with E-state index in [0.29, 0.717) is 6.04 Å². The molecule has 0 spiro atoms. The summed E-state index contributed by atoms with van der Waals surface area (Å²) in [5.41, 5.74) is 0. The second-order valence-corrected chi connectivity index (χ2v) is 6.82. The van der Waals surface area contributed by atoms with Gasteiger partial charge in [0, 0.05) is 48.0 Å². The minimum absolute atomic E-state index is 0.553. The van der Waals surface area contributed by atoms with E-state index in [9.17, 15) is 4.21 Å². The van der Waals surface area contributed by atoms with E-state index in [1.54, 1.807) is 0 Å². The molecule has 0 bridgehead atoms. The van der Waals surface area contributed by atoms with Crippen LogP contribution >= 0.6 is 0 Å². The normalized spacial score (nSPS) is 21.5. The molecule has 3 nitrogen and oxygen atoms in total. The molecular weight excluding hydrogens is 220 g/mol. The van der Waals surface area contributed by atoms with Crippen molar-refractivity contribution in [3.63, 3.8) is 0 Å². The van der Waals surface area contributed by atoms with E-state index in [-0.39, 0.29) is 0 Å². The van der Waals surface area contributed by atoms with E-state index in [4.69, 9.17) is 0 Å². The molecule has 0 aromatic carbocycles. The Kier molecular flexibility index (Phi) is 6.54. The predicted octanol–water partition coefficient (Wildman–Crippen LogP) is 1.07. The molecular formula is C12H26N2OS. The Labute approximate surface area is 102 Å². The van der Waals surface area contributed by atoms with Crippen molar-refractivity contribution in [3.8, 4) is 0 Å². The van der Waals surface area contributed by atoms with Crippen LogP contribution in [-0.4, -0.2) is 52.8 Å². The zero-order valence-corrected chi connectivity index (χ0v) is 11.7. The molecule has 1 heterocycles. The van der Waals surface area contributed by atoms with Crippen LogP contribution in [0.5, 0.6) is 0 Å². The Morgan fingerprint density at radius 2 is 1.88 bits per heavy atom. The summed E-state index contributed by atoms with van der Waals surface area (Å²) in [6.45, 7) is 10.9. The molecule has 4 heteroatoms. The lowest BCUT2D eigenvalue weighted by Gasteiger charge is -2.32. The van der Waals surface area contributed by atoms with E-state index in [1.807, 2.05) is 0 Å².